The maximum atomic E-state index is 12.4. The minimum absolute atomic E-state index is 0.158. The maximum Gasteiger partial charge on any atom is 0.410 e. The Morgan fingerprint density at radius 3 is 2.61 bits per heavy atom. The van der Waals surface area contributed by atoms with Gasteiger partial charge in [-0.2, -0.15) is 0 Å². The molecular weight excluding hydrogens is 294 g/mol. The topological polar surface area (TPSA) is 61.9 Å². The van der Waals surface area contributed by atoms with Gasteiger partial charge in [-0.15, -0.1) is 0 Å². The lowest BCUT2D eigenvalue weighted by atomic mass is 10.1. The van der Waals surface area contributed by atoms with E-state index in [2.05, 4.69) is 10.2 Å². The van der Waals surface area contributed by atoms with Crippen LogP contribution < -0.4 is 5.32 Å². The predicted octanol–water partition coefficient (Wildman–Crippen LogP) is 1.96. The number of amides is 2. The molecule has 1 aliphatic heterocycles. The Bertz CT molecular complexity index is 543. The first-order valence-corrected chi connectivity index (χ1v) is 7.90. The third-order valence-corrected chi connectivity index (χ3v) is 4.03. The summed E-state index contributed by atoms with van der Waals surface area (Å²) in [6, 6.07) is 7.40. The first-order valence-electron chi connectivity index (χ1n) is 7.90. The molecule has 1 heterocycles. The quantitative estimate of drug-likeness (QED) is 0.901. The second-order valence-electron chi connectivity index (χ2n) is 6.06. The number of likely N-dealkylation sites (N-methyl/N-ethyl adjacent to an activating group) is 1. The third-order valence-electron chi connectivity index (χ3n) is 4.03. The second kappa shape index (κ2) is 7.97. The van der Waals surface area contributed by atoms with E-state index in [1.54, 1.807) is 0 Å². The summed E-state index contributed by atoms with van der Waals surface area (Å²) in [7, 11) is 5.43. The molecule has 2 rings (SSSR count). The number of carbonyl (C=O) groups excluding carboxylic acids is 2. The summed E-state index contributed by atoms with van der Waals surface area (Å²) in [4.78, 5) is 27.7. The zero-order chi connectivity index (χ0) is 16.8. The number of nitrogens with one attached hydrogen (secondary N) is 1. The molecule has 126 valence electrons. The summed E-state index contributed by atoms with van der Waals surface area (Å²) in [5.41, 5.74) is 1.98. The fraction of sp³-hybridized carbons (Fsp3) is 0.529. The first kappa shape index (κ1) is 17.3. The Hall–Kier alpha value is -2.08. The van der Waals surface area contributed by atoms with Gasteiger partial charge in [-0.05, 0) is 51.1 Å². The molecule has 1 aromatic rings. The number of hydrogen-bond donors (Lipinski definition) is 1. The molecule has 1 aromatic carbocycles. The molecule has 2 amide bonds. The van der Waals surface area contributed by atoms with Crippen molar-refractivity contribution in [3.8, 4) is 0 Å². The average Bonchev–Trinajstić information content (AvgIpc) is 3.03. The molecule has 0 aliphatic carbocycles. The number of likely N-dealkylation sites (tertiary alicyclic amines) is 1. The SMILES string of the molecule is COC(=O)N1CCCC1C(=O)Nc1ccc(CCN(C)C)cc1. The van der Waals surface area contributed by atoms with Gasteiger partial charge in [0.05, 0.1) is 7.11 Å². The number of methoxy groups -OCH3 is 1. The summed E-state index contributed by atoms with van der Waals surface area (Å²) >= 11 is 0. The normalized spacial score (nSPS) is 17.4. The Morgan fingerprint density at radius 2 is 2.00 bits per heavy atom. The van der Waals surface area contributed by atoms with Gasteiger partial charge in [0.15, 0.2) is 0 Å². The van der Waals surface area contributed by atoms with Crippen LogP contribution in [0.4, 0.5) is 10.5 Å². The van der Waals surface area contributed by atoms with Crippen molar-refractivity contribution in [1.29, 1.82) is 0 Å². The monoisotopic (exact) mass is 319 g/mol. The van der Waals surface area contributed by atoms with Crippen LogP contribution in [0.2, 0.25) is 0 Å². The summed E-state index contributed by atoms with van der Waals surface area (Å²) < 4.78 is 4.73. The van der Waals surface area contributed by atoms with Crippen molar-refractivity contribution in [2.75, 3.05) is 39.6 Å². The largest absolute Gasteiger partial charge is 0.453 e. The molecule has 1 fully saturated rings. The zero-order valence-corrected chi connectivity index (χ0v) is 14.0. The molecule has 1 unspecified atom stereocenters. The van der Waals surface area contributed by atoms with E-state index in [1.165, 1.54) is 17.6 Å². The van der Waals surface area contributed by atoms with Crippen LogP contribution in [0.1, 0.15) is 18.4 Å². The highest BCUT2D eigenvalue weighted by Gasteiger charge is 2.34. The molecule has 23 heavy (non-hydrogen) atoms. The molecule has 1 saturated heterocycles. The van der Waals surface area contributed by atoms with Crippen LogP contribution in [0.15, 0.2) is 24.3 Å². The van der Waals surface area contributed by atoms with Crippen LogP contribution >= 0.6 is 0 Å². The van der Waals surface area contributed by atoms with Crippen molar-refractivity contribution in [1.82, 2.24) is 9.80 Å². The van der Waals surface area contributed by atoms with E-state index in [9.17, 15) is 9.59 Å². The third kappa shape index (κ3) is 4.69. The lowest BCUT2D eigenvalue weighted by Crippen LogP contribution is -2.43. The van der Waals surface area contributed by atoms with Crippen LogP contribution in [0, 0.1) is 0 Å². The second-order valence-corrected chi connectivity index (χ2v) is 6.06. The van der Waals surface area contributed by atoms with E-state index in [-0.39, 0.29) is 5.91 Å². The van der Waals surface area contributed by atoms with Gasteiger partial charge in [0.1, 0.15) is 6.04 Å². The fourth-order valence-electron chi connectivity index (χ4n) is 2.71. The van der Waals surface area contributed by atoms with E-state index in [1.807, 2.05) is 38.4 Å². The van der Waals surface area contributed by atoms with Crippen molar-refractivity contribution in [3.63, 3.8) is 0 Å². The van der Waals surface area contributed by atoms with Crippen molar-refractivity contribution in [2.45, 2.75) is 25.3 Å². The number of carbonyl (C=O) groups is 2. The number of nitrogens with zero attached hydrogens (tertiary/aromatic N) is 2. The number of hydrogen-bond acceptors (Lipinski definition) is 4. The first-order chi connectivity index (χ1) is 11.0. The van der Waals surface area contributed by atoms with E-state index in [0.29, 0.717) is 13.0 Å². The lowest BCUT2D eigenvalue weighted by molar-refractivity contribution is -0.119. The van der Waals surface area contributed by atoms with E-state index in [0.717, 1.165) is 25.1 Å². The molecule has 1 N–H and O–H groups in total. The summed E-state index contributed by atoms with van der Waals surface area (Å²) in [5, 5.41) is 2.89. The molecule has 0 saturated carbocycles. The highest BCUT2D eigenvalue weighted by atomic mass is 16.5. The van der Waals surface area contributed by atoms with Gasteiger partial charge in [0.2, 0.25) is 5.91 Å². The van der Waals surface area contributed by atoms with E-state index >= 15 is 0 Å². The van der Waals surface area contributed by atoms with Gasteiger partial charge in [-0.25, -0.2) is 4.79 Å². The van der Waals surface area contributed by atoms with Gasteiger partial charge in [0, 0.05) is 18.8 Å². The van der Waals surface area contributed by atoms with Crippen LogP contribution in [-0.2, 0) is 16.0 Å². The maximum absolute atomic E-state index is 12.4. The Morgan fingerprint density at radius 1 is 1.30 bits per heavy atom. The highest BCUT2D eigenvalue weighted by molar-refractivity contribution is 5.96. The molecular formula is C17H25N3O3. The van der Waals surface area contributed by atoms with Crippen LogP contribution in [0.25, 0.3) is 0 Å². The van der Waals surface area contributed by atoms with Gasteiger partial charge < -0.3 is 15.0 Å². The number of benzene rings is 1. The summed E-state index contributed by atoms with van der Waals surface area (Å²) in [6.45, 7) is 1.55. The average molecular weight is 319 g/mol. The number of ether oxygens (including phenoxy) is 1. The molecule has 0 aromatic heterocycles. The Labute approximate surface area is 137 Å². The predicted molar refractivity (Wildman–Crippen MR) is 89.5 cm³/mol. The minimum Gasteiger partial charge on any atom is -0.453 e. The van der Waals surface area contributed by atoms with Crippen molar-refractivity contribution < 1.29 is 14.3 Å². The van der Waals surface area contributed by atoms with Gasteiger partial charge in [-0.1, -0.05) is 12.1 Å². The van der Waals surface area contributed by atoms with Crippen molar-refractivity contribution in [3.05, 3.63) is 29.8 Å². The molecule has 0 radical (unpaired) electrons. The standard InChI is InChI=1S/C17H25N3O3/c1-19(2)12-10-13-6-8-14(9-7-13)18-16(21)15-5-4-11-20(15)17(22)23-3/h6-9,15H,4-5,10-12H2,1-3H3,(H,18,21). The van der Waals surface area contributed by atoms with Crippen molar-refractivity contribution >= 4 is 17.7 Å². The van der Waals surface area contributed by atoms with E-state index < -0.39 is 12.1 Å². The number of anilines is 1. The lowest BCUT2D eigenvalue weighted by Gasteiger charge is -2.22. The van der Waals surface area contributed by atoms with Crippen molar-refractivity contribution in [2.24, 2.45) is 0 Å². The zero-order valence-electron chi connectivity index (χ0n) is 14.0. The van der Waals surface area contributed by atoms with Crippen LogP contribution in [-0.4, -0.2) is 62.1 Å². The van der Waals surface area contributed by atoms with E-state index in [4.69, 9.17) is 4.74 Å². The molecule has 6 nitrogen and oxygen atoms in total. The van der Waals surface area contributed by atoms with Crippen LogP contribution in [0.5, 0.6) is 0 Å². The number of rotatable bonds is 5. The van der Waals surface area contributed by atoms with Gasteiger partial charge in [-0.3, -0.25) is 9.69 Å². The highest BCUT2D eigenvalue weighted by Crippen LogP contribution is 2.20. The fourth-order valence-corrected chi connectivity index (χ4v) is 2.71. The molecule has 1 aliphatic rings. The molecule has 0 bridgehead atoms. The minimum atomic E-state index is -0.448. The van der Waals surface area contributed by atoms with Crippen LogP contribution in [0.3, 0.4) is 0 Å². The molecule has 1 atom stereocenters. The Kier molecular flexibility index (Phi) is 5.98. The Balaban J connectivity index is 1.93. The summed E-state index contributed by atoms with van der Waals surface area (Å²) in [6.07, 6.45) is 2.01. The van der Waals surface area contributed by atoms with Gasteiger partial charge >= 0.3 is 6.09 Å². The molecule has 0 spiro atoms. The molecule has 6 heteroatoms. The smallest absolute Gasteiger partial charge is 0.410 e. The summed E-state index contributed by atoms with van der Waals surface area (Å²) in [5.74, 6) is -0.158. The van der Waals surface area contributed by atoms with Gasteiger partial charge in [0.25, 0.3) is 0 Å².